The number of aliphatic hydroxyl groups excluding tert-OH is 1. The SMILES string of the molecule is COC(=O)C(C)C1CCC(CO)CC1NC(=O)OC(C)(C)C. The Balaban J connectivity index is 2.77. The Morgan fingerprint density at radius 1 is 1.32 bits per heavy atom. The third kappa shape index (κ3) is 5.48. The number of esters is 1. The van der Waals surface area contributed by atoms with Crippen molar-refractivity contribution in [3.05, 3.63) is 0 Å². The Morgan fingerprint density at radius 2 is 1.95 bits per heavy atom. The van der Waals surface area contributed by atoms with Gasteiger partial charge in [-0.25, -0.2) is 4.79 Å². The molecule has 4 atom stereocenters. The summed E-state index contributed by atoms with van der Waals surface area (Å²) in [5.74, 6) is -0.447. The number of alkyl carbamates (subject to hydrolysis) is 1. The largest absolute Gasteiger partial charge is 0.469 e. The first kappa shape index (κ1) is 18.7. The summed E-state index contributed by atoms with van der Waals surface area (Å²) in [6.07, 6.45) is 1.76. The van der Waals surface area contributed by atoms with Gasteiger partial charge in [-0.2, -0.15) is 0 Å². The Kier molecular flexibility index (Phi) is 6.66. The Labute approximate surface area is 132 Å². The van der Waals surface area contributed by atoms with E-state index in [1.807, 2.05) is 6.92 Å². The molecule has 1 fully saturated rings. The van der Waals surface area contributed by atoms with Crippen LogP contribution in [0.1, 0.15) is 47.0 Å². The van der Waals surface area contributed by atoms with Crippen LogP contribution in [-0.2, 0) is 14.3 Å². The minimum Gasteiger partial charge on any atom is -0.469 e. The number of hydrogen-bond donors (Lipinski definition) is 2. The van der Waals surface area contributed by atoms with Crippen LogP contribution in [0.2, 0.25) is 0 Å². The van der Waals surface area contributed by atoms with Gasteiger partial charge in [-0.15, -0.1) is 0 Å². The number of aliphatic hydroxyl groups is 1. The molecule has 0 spiro atoms. The zero-order chi connectivity index (χ0) is 16.9. The van der Waals surface area contributed by atoms with E-state index in [1.54, 1.807) is 20.8 Å². The first-order valence-corrected chi connectivity index (χ1v) is 7.86. The quantitative estimate of drug-likeness (QED) is 0.776. The lowest BCUT2D eigenvalue weighted by Crippen LogP contribution is -2.49. The van der Waals surface area contributed by atoms with Crippen LogP contribution in [0.15, 0.2) is 0 Å². The summed E-state index contributed by atoms with van der Waals surface area (Å²) in [7, 11) is 1.37. The van der Waals surface area contributed by atoms with Crippen molar-refractivity contribution >= 4 is 12.1 Å². The summed E-state index contributed by atoms with van der Waals surface area (Å²) >= 11 is 0. The lowest BCUT2D eigenvalue weighted by molar-refractivity contribution is -0.147. The van der Waals surface area contributed by atoms with Crippen molar-refractivity contribution in [3.63, 3.8) is 0 Å². The Hall–Kier alpha value is -1.30. The van der Waals surface area contributed by atoms with Gasteiger partial charge in [0.15, 0.2) is 0 Å². The van der Waals surface area contributed by atoms with Crippen molar-refractivity contribution in [2.75, 3.05) is 13.7 Å². The van der Waals surface area contributed by atoms with Crippen molar-refractivity contribution in [1.29, 1.82) is 0 Å². The number of ether oxygens (including phenoxy) is 2. The summed E-state index contributed by atoms with van der Waals surface area (Å²) < 4.78 is 10.1. The molecule has 0 aromatic rings. The Morgan fingerprint density at radius 3 is 2.45 bits per heavy atom. The first-order chi connectivity index (χ1) is 10.2. The van der Waals surface area contributed by atoms with Crippen molar-refractivity contribution in [3.8, 4) is 0 Å². The fourth-order valence-electron chi connectivity index (χ4n) is 3.03. The zero-order valence-corrected chi connectivity index (χ0v) is 14.2. The molecule has 0 aromatic carbocycles. The van der Waals surface area contributed by atoms with Crippen LogP contribution in [0, 0.1) is 17.8 Å². The van der Waals surface area contributed by atoms with Crippen LogP contribution >= 0.6 is 0 Å². The molecule has 0 radical (unpaired) electrons. The van der Waals surface area contributed by atoms with Gasteiger partial charge in [0, 0.05) is 12.6 Å². The number of carbonyl (C=O) groups is 2. The zero-order valence-electron chi connectivity index (χ0n) is 14.2. The number of methoxy groups -OCH3 is 1. The topological polar surface area (TPSA) is 84.9 Å². The molecule has 22 heavy (non-hydrogen) atoms. The molecule has 1 rings (SSSR count). The van der Waals surface area contributed by atoms with Crippen LogP contribution in [0.4, 0.5) is 4.79 Å². The number of hydrogen-bond acceptors (Lipinski definition) is 5. The molecule has 2 N–H and O–H groups in total. The fourth-order valence-corrected chi connectivity index (χ4v) is 3.03. The smallest absolute Gasteiger partial charge is 0.407 e. The molecule has 128 valence electrons. The first-order valence-electron chi connectivity index (χ1n) is 7.86. The maximum atomic E-state index is 12.0. The number of nitrogens with one attached hydrogen (secondary N) is 1. The van der Waals surface area contributed by atoms with Crippen molar-refractivity contribution in [2.24, 2.45) is 17.8 Å². The summed E-state index contributed by atoms with van der Waals surface area (Å²) in [5.41, 5.74) is -0.571. The van der Waals surface area contributed by atoms with Crippen molar-refractivity contribution < 1.29 is 24.2 Å². The molecular weight excluding hydrogens is 286 g/mol. The highest BCUT2D eigenvalue weighted by molar-refractivity contribution is 5.73. The molecule has 6 nitrogen and oxygen atoms in total. The molecule has 4 unspecified atom stereocenters. The minimum absolute atomic E-state index is 0.0113. The van der Waals surface area contributed by atoms with Crippen molar-refractivity contribution in [1.82, 2.24) is 5.32 Å². The van der Waals surface area contributed by atoms with Crippen LogP contribution in [0.3, 0.4) is 0 Å². The average molecular weight is 315 g/mol. The van der Waals surface area contributed by atoms with E-state index in [2.05, 4.69) is 5.32 Å². The number of rotatable bonds is 4. The molecular formula is C16H29NO5. The third-order valence-electron chi connectivity index (χ3n) is 4.19. The highest BCUT2D eigenvalue weighted by Crippen LogP contribution is 2.34. The molecule has 0 aliphatic heterocycles. The summed E-state index contributed by atoms with van der Waals surface area (Å²) in [4.78, 5) is 23.8. The van der Waals surface area contributed by atoms with Gasteiger partial charge in [0.25, 0.3) is 0 Å². The van der Waals surface area contributed by atoms with Gasteiger partial charge in [-0.05, 0) is 51.9 Å². The molecule has 1 saturated carbocycles. The van der Waals surface area contributed by atoms with Gasteiger partial charge in [0.05, 0.1) is 13.0 Å². The van der Waals surface area contributed by atoms with Gasteiger partial charge in [-0.3, -0.25) is 4.79 Å². The van der Waals surface area contributed by atoms with E-state index in [4.69, 9.17) is 9.47 Å². The predicted octanol–water partition coefficient (Wildman–Crippen LogP) is 2.10. The van der Waals surface area contributed by atoms with E-state index in [-0.39, 0.29) is 36.4 Å². The van der Waals surface area contributed by atoms with Crippen LogP contribution < -0.4 is 5.32 Å². The Bertz CT molecular complexity index is 390. The summed E-state index contributed by atoms with van der Waals surface area (Å²) in [5, 5.41) is 12.2. The molecule has 1 aliphatic rings. The molecule has 1 amide bonds. The standard InChI is InChI=1S/C16H29NO5/c1-10(14(19)21-5)12-7-6-11(9-18)8-13(12)17-15(20)22-16(2,3)4/h10-13,18H,6-9H2,1-5H3,(H,17,20). The molecule has 0 bridgehead atoms. The van der Waals surface area contributed by atoms with E-state index < -0.39 is 11.7 Å². The molecule has 6 heteroatoms. The van der Waals surface area contributed by atoms with E-state index in [9.17, 15) is 14.7 Å². The van der Waals surface area contributed by atoms with E-state index >= 15 is 0 Å². The third-order valence-corrected chi connectivity index (χ3v) is 4.19. The predicted molar refractivity (Wildman–Crippen MR) is 82.3 cm³/mol. The van der Waals surface area contributed by atoms with E-state index in [1.165, 1.54) is 7.11 Å². The fraction of sp³-hybridized carbons (Fsp3) is 0.875. The monoisotopic (exact) mass is 315 g/mol. The lowest BCUT2D eigenvalue weighted by Gasteiger charge is -2.38. The normalized spacial score (nSPS) is 26.9. The molecule has 0 aromatic heterocycles. The average Bonchev–Trinajstić information content (AvgIpc) is 2.43. The summed E-state index contributed by atoms with van der Waals surface area (Å²) in [6.45, 7) is 7.32. The van der Waals surface area contributed by atoms with E-state index in [0.29, 0.717) is 6.42 Å². The second kappa shape index (κ2) is 7.81. The second-order valence-corrected chi connectivity index (χ2v) is 7.09. The van der Waals surface area contributed by atoms with Crippen LogP contribution in [0.25, 0.3) is 0 Å². The van der Waals surface area contributed by atoms with Gasteiger partial charge in [0.2, 0.25) is 0 Å². The minimum atomic E-state index is -0.571. The van der Waals surface area contributed by atoms with Crippen LogP contribution in [-0.4, -0.2) is 42.5 Å². The highest BCUT2D eigenvalue weighted by atomic mass is 16.6. The summed E-state index contributed by atoms with van der Waals surface area (Å²) in [6, 6.07) is -0.199. The van der Waals surface area contributed by atoms with Gasteiger partial charge < -0.3 is 19.9 Å². The molecule has 0 heterocycles. The molecule has 0 saturated heterocycles. The maximum Gasteiger partial charge on any atom is 0.407 e. The van der Waals surface area contributed by atoms with Gasteiger partial charge >= 0.3 is 12.1 Å². The maximum absolute atomic E-state index is 12.0. The van der Waals surface area contributed by atoms with Crippen molar-refractivity contribution in [2.45, 2.75) is 58.6 Å². The van der Waals surface area contributed by atoms with E-state index in [0.717, 1.165) is 12.8 Å². The second-order valence-electron chi connectivity index (χ2n) is 7.09. The molecule has 1 aliphatic carbocycles. The van der Waals surface area contributed by atoms with Crippen LogP contribution in [0.5, 0.6) is 0 Å². The lowest BCUT2D eigenvalue weighted by atomic mass is 9.73. The number of carbonyl (C=O) groups excluding carboxylic acids is 2. The highest BCUT2D eigenvalue weighted by Gasteiger charge is 2.38. The number of amides is 1. The van der Waals surface area contributed by atoms with Gasteiger partial charge in [-0.1, -0.05) is 6.92 Å². The van der Waals surface area contributed by atoms with Gasteiger partial charge in [0.1, 0.15) is 5.60 Å².